The van der Waals surface area contributed by atoms with Crippen molar-refractivity contribution in [3.05, 3.63) is 35.1 Å². The second-order valence-corrected chi connectivity index (χ2v) is 4.92. The van der Waals surface area contributed by atoms with Crippen molar-refractivity contribution in [2.24, 2.45) is 0 Å². The fourth-order valence-electron chi connectivity index (χ4n) is 2.38. The summed E-state index contributed by atoms with van der Waals surface area (Å²) in [7, 11) is 0. The van der Waals surface area contributed by atoms with Crippen molar-refractivity contribution in [1.29, 1.82) is 0 Å². The topological polar surface area (TPSA) is 29.1 Å². The second kappa shape index (κ2) is 6.08. The van der Waals surface area contributed by atoms with Crippen LogP contribution in [0.2, 0.25) is 0 Å². The highest BCUT2D eigenvalue weighted by Gasteiger charge is 2.18. The minimum Gasteiger partial charge on any atom is -0.349 e. The maximum Gasteiger partial charge on any atom is 0.251 e. The van der Waals surface area contributed by atoms with Gasteiger partial charge in [0.25, 0.3) is 5.91 Å². The van der Waals surface area contributed by atoms with E-state index in [1.54, 1.807) is 0 Å². The van der Waals surface area contributed by atoms with Crippen molar-refractivity contribution >= 4 is 5.91 Å². The third-order valence-corrected chi connectivity index (χ3v) is 3.44. The Kier molecular flexibility index (Phi) is 4.45. The molecular weight excluding hydrogens is 255 g/mol. The minimum atomic E-state index is -1.55. The van der Waals surface area contributed by atoms with Gasteiger partial charge in [-0.15, -0.1) is 0 Å². The molecule has 0 heterocycles. The fraction of sp³-hybridized carbons (Fsp3) is 0.500. The molecule has 1 aromatic carbocycles. The van der Waals surface area contributed by atoms with E-state index in [9.17, 15) is 18.0 Å². The van der Waals surface area contributed by atoms with E-state index in [0.29, 0.717) is 0 Å². The summed E-state index contributed by atoms with van der Waals surface area (Å²) in [6.07, 6.45) is 6.11. The van der Waals surface area contributed by atoms with Crippen LogP contribution < -0.4 is 5.32 Å². The molecule has 0 atom stereocenters. The molecule has 19 heavy (non-hydrogen) atoms. The van der Waals surface area contributed by atoms with Crippen LogP contribution in [0.15, 0.2) is 12.1 Å². The van der Waals surface area contributed by atoms with Gasteiger partial charge in [-0.2, -0.15) is 0 Å². The summed E-state index contributed by atoms with van der Waals surface area (Å²) in [6.45, 7) is 0. The van der Waals surface area contributed by atoms with Crippen LogP contribution in [-0.2, 0) is 0 Å². The summed E-state index contributed by atoms with van der Waals surface area (Å²) in [5, 5.41) is 2.75. The summed E-state index contributed by atoms with van der Waals surface area (Å²) in [6, 6.07) is 1.49. The molecule has 2 rings (SSSR count). The first-order valence-corrected chi connectivity index (χ1v) is 6.53. The third-order valence-electron chi connectivity index (χ3n) is 3.44. The number of halogens is 3. The number of carbonyl (C=O) groups is 1. The Hall–Kier alpha value is -1.52. The second-order valence-electron chi connectivity index (χ2n) is 4.92. The summed E-state index contributed by atoms with van der Waals surface area (Å²) >= 11 is 0. The maximum atomic E-state index is 13.0. The summed E-state index contributed by atoms with van der Waals surface area (Å²) < 4.78 is 38.9. The average molecular weight is 271 g/mol. The Morgan fingerprint density at radius 2 is 1.53 bits per heavy atom. The van der Waals surface area contributed by atoms with E-state index < -0.39 is 23.4 Å². The van der Waals surface area contributed by atoms with Gasteiger partial charge < -0.3 is 5.32 Å². The Balaban J connectivity index is 2.07. The number of nitrogens with one attached hydrogen (secondary N) is 1. The third kappa shape index (κ3) is 3.49. The van der Waals surface area contributed by atoms with Crippen molar-refractivity contribution in [3.63, 3.8) is 0 Å². The van der Waals surface area contributed by atoms with E-state index in [-0.39, 0.29) is 11.6 Å². The quantitative estimate of drug-likeness (QED) is 0.646. The fourth-order valence-corrected chi connectivity index (χ4v) is 2.38. The molecule has 1 aliphatic rings. The lowest BCUT2D eigenvalue weighted by molar-refractivity contribution is 0.0932. The van der Waals surface area contributed by atoms with Crippen LogP contribution in [-0.4, -0.2) is 11.9 Å². The number of carbonyl (C=O) groups excluding carboxylic acids is 1. The van der Waals surface area contributed by atoms with Gasteiger partial charge in [-0.05, 0) is 25.0 Å². The van der Waals surface area contributed by atoms with Gasteiger partial charge in [0.1, 0.15) is 0 Å². The molecule has 0 bridgehead atoms. The van der Waals surface area contributed by atoms with Crippen LogP contribution in [0.3, 0.4) is 0 Å². The normalized spacial score (nSPS) is 17.0. The highest BCUT2D eigenvalue weighted by atomic mass is 19.2. The van der Waals surface area contributed by atoms with E-state index in [1.165, 1.54) is 0 Å². The molecule has 0 unspecified atom stereocenters. The largest absolute Gasteiger partial charge is 0.349 e. The molecule has 1 amide bonds. The summed E-state index contributed by atoms with van der Waals surface area (Å²) in [5.74, 6) is -4.78. The Morgan fingerprint density at radius 3 is 2.05 bits per heavy atom. The number of hydrogen-bond acceptors (Lipinski definition) is 1. The van der Waals surface area contributed by atoms with Crippen LogP contribution in [0, 0.1) is 17.5 Å². The molecule has 0 saturated heterocycles. The first-order valence-electron chi connectivity index (χ1n) is 6.53. The lowest BCUT2D eigenvalue weighted by Crippen LogP contribution is -2.34. The smallest absolute Gasteiger partial charge is 0.251 e. The molecular formula is C14H16F3NO. The SMILES string of the molecule is O=C(NC1CCCCCC1)c1cc(F)c(F)c(F)c1. The van der Waals surface area contributed by atoms with Crippen LogP contribution in [0.4, 0.5) is 13.2 Å². The standard InChI is InChI=1S/C14H16F3NO/c15-11-7-9(8-12(16)13(11)17)14(19)18-10-5-3-1-2-4-6-10/h7-8,10H,1-6H2,(H,18,19). The van der Waals surface area contributed by atoms with E-state index in [0.717, 1.165) is 50.7 Å². The number of hydrogen-bond donors (Lipinski definition) is 1. The van der Waals surface area contributed by atoms with Crippen molar-refractivity contribution in [1.82, 2.24) is 5.32 Å². The van der Waals surface area contributed by atoms with Gasteiger partial charge in [0.2, 0.25) is 0 Å². The molecule has 1 N–H and O–H groups in total. The zero-order valence-corrected chi connectivity index (χ0v) is 10.5. The molecule has 1 aromatic rings. The molecule has 0 aliphatic heterocycles. The minimum absolute atomic E-state index is 0.0335. The highest BCUT2D eigenvalue weighted by Crippen LogP contribution is 2.18. The molecule has 1 saturated carbocycles. The van der Waals surface area contributed by atoms with Crippen LogP contribution >= 0.6 is 0 Å². The Bertz CT molecular complexity index is 445. The van der Waals surface area contributed by atoms with Gasteiger partial charge in [0.15, 0.2) is 17.5 Å². The van der Waals surface area contributed by atoms with E-state index in [2.05, 4.69) is 5.32 Å². The lowest BCUT2D eigenvalue weighted by Gasteiger charge is -2.16. The Labute approximate surface area is 110 Å². The van der Waals surface area contributed by atoms with Crippen molar-refractivity contribution < 1.29 is 18.0 Å². The van der Waals surface area contributed by atoms with Gasteiger partial charge in [-0.3, -0.25) is 4.79 Å². The first kappa shape index (κ1) is 13.9. The first-order chi connectivity index (χ1) is 9.08. The molecule has 104 valence electrons. The zero-order valence-electron chi connectivity index (χ0n) is 10.5. The summed E-state index contributed by atoms with van der Waals surface area (Å²) in [5.41, 5.74) is -0.180. The van der Waals surface area contributed by atoms with Crippen LogP contribution in [0.1, 0.15) is 48.9 Å². The molecule has 1 fully saturated rings. The molecule has 0 radical (unpaired) electrons. The number of amides is 1. The van der Waals surface area contributed by atoms with Crippen molar-refractivity contribution in [2.75, 3.05) is 0 Å². The van der Waals surface area contributed by atoms with Gasteiger partial charge in [-0.25, -0.2) is 13.2 Å². The molecule has 1 aliphatic carbocycles. The average Bonchev–Trinajstić information content (AvgIpc) is 2.64. The maximum absolute atomic E-state index is 13.0. The Morgan fingerprint density at radius 1 is 1.00 bits per heavy atom. The predicted molar refractivity (Wildman–Crippen MR) is 65.3 cm³/mol. The van der Waals surface area contributed by atoms with Crippen molar-refractivity contribution in [2.45, 2.75) is 44.6 Å². The monoisotopic (exact) mass is 271 g/mol. The molecule has 2 nitrogen and oxygen atoms in total. The van der Waals surface area contributed by atoms with E-state index in [4.69, 9.17) is 0 Å². The highest BCUT2D eigenvalue weighted by molar-refractivity contribution is 5.94. The van der Waals surface area contributed by atoms with Gasteiger partial charge in [0.05, 0.1) is 0 Å². The van der Waals surface area contributed by atoms with E-state index in [1.807, 2.05) is 0 Å². The molecule has 0 aromatic heterocycles. The summed E-state index contributed by atoms with van der Waals surface area (Å²) in [4.78, 5) is 11.9. The predicted octanol–water partition coefficient (Wildman–Crippen LogP) is 3.56. The number of benzene rings is 1. The van der Waals surface area contributed by atoms with Gasteiger partial charge in [0, 0.05) is 11.6 Å². The zero-order chi connectivity index (χ0) is 13.8. The molecule has 5 heteroatoms. The lowest BCUT2D eigenvalue weighted by atomic mass is 10.1. The van der Waals surface area contributed by atoms with Crippen LogP contribution in [0.5, 0.6) is 0 Å². The molecule has 0 spiro atoms. The van der Waals surface area contributed by atoms with Crippen LogP contribution in [0.25, 0.3) is 0 Å². The van der Waals surface area contributed by atoms with E-state index >= 15 is 0 Å². The van der Waals surface area contributed by atoms with Gasteiger partial charge >= 0.3 is 0 Å². The van der Waals surface area contributed by atoms with Crippen molar-refractivity contribution in [3.8, 4) is 0 Å². The number of rotatable bonds is 2. The van der Waals surface area contributed by atoms with Gasteiger partial charge in [-0.1, -0.05) is 25.7 Å².